The van der Waals surface area contributed by atoms with Crippen LogP contribution >= 0.6 is 0 Å². The van der Waals surface area contributed by atoms with Crippen LogP contribution in [0.15, 0.2) is 18.2 Å². The van der Waals surface area contributed by atoms with Gasteiger partial charge < -0.3 is 11.1 Å². The summed E-state index contributed by atoms with van der Waals surface area (Å²) >= 11 is 0. The van der Waals surface area contributed by atoms with Gasteiger partial charge in [0.1, 0.15) is 5.82 Å². The largest absolute Gasteiger partial charge is 0.350 e. The van der Waals surface area contributed by atoms with Crippen LogP contribution in [-0.4, -0.2) is 18.5 Å². The van der Waals surface area contributed by atoms with Crippen molar-refractivity contribution < 1.29 is 9.18 Å². The number of nitrogens with one attached hydrogen (secondary N) is 1. The van der Waals surface area contributed by atoms with Crippen molar-refractivity contribution in [3.8, 4) is 0 Å². The van der Waals surface area contributed by atoms with Gasteiger partial charge in [-0.3, -0.25) is 4.79 Å². The van der Waals surface area contributed by atoms with Gasteiger partial charge in [-0.1, -0.05) is 13.0 Å². The summed E-state index contributed by atoms with van der Waals surface area (Å²) in [5, 5.41) is 2.61. The van der Waals surface area contributed by atoms with E-state index in [9.17, 15) is 9.18 Å². The first-order chi connectivity index (χ1) is 7.54. The van der Waals surface area contributed by atoms with Crippen molar-refractivity contribution in [3.05, 3.63) is 35.1 Å². The Labute approximate surface area is 94.8 Å². The lowest BCUT2D eigenvalue weighted by Gasteiger charge is -2.10. The molecule has 0 radical (unpaired) electrons. The molecule has 0 aromatic heterocycles. The lowest BCUT2D eigenvalue weighted by atomic mass is 10.1. The van der Waals surface area contributed by atoms with Gasteiger partial charge >= 0.3 is 0 Å². The molecule has 0 aliphatic carbocycles. The highest BCUT2D eigenvalue weighted by Crippen LogP contribution is 2.09. The van der Waals surface area contributed by atoms with Crippen LogP contribution in [0.25, 0.3) is 0 Å². The Morgan fingerprint density at radius 2 is 2.25 bits per heavy atom. The van der Waals surface area contributed by atoms with Crippen LogP contribution in [0, 0.1) is 12.7 Å². The van der Waals surface area contributed by atoms with Gasteiger partial charge in [-0.15, -0.1) is 0 Å². The summed E-state index contributed by atoms with van der Waals surface area (Å²) in [5.74, 6) is -0.913. The number of hydrogen-bond acceptors (Lipinski definition) is 2. The van der Waals surface area contributed by atoms with Crippen LogP contribution in [0.2, 0.25) is 0 Å². The van der Waals surface area contributed by atoms with Gasteiger partial charge in [0.15, 0.2) is 0 Å². The van der Waals surface area contributed by atoms with Crippen molar-refractivity contribution in [1.29, 1.82) is 0 Å². The van der Waals surface area contributed by atoms with Crippen molar-refractivity contribution in [1.82, 2.24) is 5.32 Å². The van der Waals surface area contributed by atoms with E-state index in [1.807, 2.05) is 6.92 Å². The highest BCUT2D eigenvalue weighted by atomic mass is 19.1. The zero-order valence-corrected chi connectivity index (χ0v) is 9.59. The molecular formula is C12H17FN2O. The van der Waals surface area contributed by atoms with E-state index in [2.05, 4.69) is 5.32 Å². The second kappa shape index (κ2) is 5.61. The summed E-state index contributed by atoms with van der Waals surface area (Å²) in [7, 11) is 0. The topological polar surface area (TPSA) is 55.1 Å². The maximum Gasteiger partial charge on any atom is 0.254 e. The summed E-state index contributed by atoms with van der Waals surface area (Å²) < 4.78 is 13.4. The minimum absolute atomic E-state index is 0.0638. The molecule has 4 heteroatoms. The molecule has 0 bridgehead atoms. The smallest absolute Gasteiger partial charge is 0.254 e. The zero-order valence-electron chi connectivity index (χ0n) is 9.59. The molecule has 3 nitrogen and oxygen atoms in total. The molecule has 0 heterocycles. The number of carbonyl (C=O) groups excluding carboxylic acids is 1. The first-order valence-electron chi connectivity index (χ1n) is 5.34. The van der Waals surface area contributed by atoms with E-state index in [0.717, 1.165) is 12.0 Å². The first kappa shape index (κ1) is 12.6. The van der Waals surface area contributed by atoms with Gasteiger partial charge in [-0.2, -0.15) is 0 Å². The van der Waals surface area contributed by atoms with E-state index in [1.54, 1.807) is 13.0 Å². The van der Waals surface area contributed by atoms with E-state index >= 15 is 0 Å². The average Bonchev–Trinajstić information content (AvgIpc) is 2.25. The minimum atomic E-state index is -0.498. The Bertz CT molecular complexity index is 379. The molecule has 0 spiro atoms. The standard InChI is InChI=1S/C12H17FN2O/c1-3-9(14)7-15-12(16)10-5-4-8(2)6-11(10)13/h4-6,9H,3,7,14H2,1-2H3,(H,15,16). The molecule has 0 saturated carbocycles. The lowest BCUT2D eigenvalue weighted by Crippen LogP contribution is -2.37. The lowest BCUT2D eigenvalue weighted by molar-refractivity contribution is 0.0947. The number of carbonyl (C=O) groups is 1. The number of hydrogen-bond donors (Lipinski definition) is 2. The predicted molar refractivity (Wildman–Crippen MR) is 61.7 cm³/mol. The molecule has 1 atom stereocenters. The summed E-state index contributed by atoms with van der Waals surface area (Å²) in [5.41, 5.74) is 6.51. The van der Waals surface area contributed by atoms with Gasteiger partial charge in [0.05, 0.1) is 5.56 Å². The van der Waals surface area contributed by atoms with E-state index < -0.39 is 11.7 Å². The Morgan fingerprint density at radius 1 is 1.56 bits per heavy atom. The van der Waals surface area contributed by atoms with Crippen molar-refractivity contribution in [3.63, 3.8) is 0 Å². The molecule has 88 valence electrons. The summed E-state index contributed by atoms with van der Waals surface area (Å²) in [6.07, 6.45) is 0.774. The monoisotopic (exact) mass is 224 g/mol. The van der Waals surface area contributed by atoms with Crippen LogP contribution in [-0.2, 0) is 0 Å². The zero-order chi connectivity index (χ0) is 12.1. The van der Waals surface area contributed by atoms with Crippen molar-refractivity contribution in [2.75, 3.05) is 6.54 Å². The molecule has 1 unspecified atom stereocenters. The number of amides is 1. The van der Waals surface area contributed by atoms with Crippen LogP contribution in [0.3, 0.4) is 0 Å². The normalized spacial score (nSPS) is 12.2. The summed E-state index contributed by atoms with van der Waals surface area (Å²) in [6.45, 7) is 4.07. The Hall–Kier alpha value is -1.42. The molecule has 1 rings (SSSR count). The average molecular weight is 224 g/mol. The van der Waals surface area contributed by atoms with Crippen LogP contribution in [0.1, 0.15) is 29.3 Å². The highest BCUT2D eigenvalue weighted by Gasteiger charge is 2.11. The van der Waals surface area contributed by atoms with E-state index in [-0.39, 0.29) is 11.6 Å². The van der Waals surface area contributed by atoms with E-state index in [0.29, 0.717) is 6.54 Å². The second-order valence-corrected chi connectivity index (χ2v) is 3.86. The van der Waals surface area contributed by atoms with Crippen LogP contribution in [0.4, 0.5) is 4.39 Å². The van der Waals surface area contributed by atoms with Crippen molar-refractivity contribution in [2.45, 2.75) is 26.3 Å². The fraction of sp³-hybridized carbons (Fsp3) is 0.417. The fourth-order valence-electron chi connectivity index (χ4n) is 1.27. The number of aryl methyl sites for hydroxylation is 1. The van der Waals surface area contributed by atoms with Crippen molar-refractivity contribution in [2.24, 2.45) is 5.73 Å². The Morgan fingerprint density at radius 3 is 2.81 bits per heavy atom. The van der Waals surface area contributed by atoms with Crippen molar-refractivity contribution >= 4 is 5.91 Å². The second-order valence-electron chi connectivity index (χ2n) is 3.86. The summed E-state index contributed by atoms with van der Waals surface area (Å²) in [6, 6.07) is 4.45. The minimum Gasteiger partial charge on any atom is -0.350 e. The predicted octanol–water partition coefficient (Wildman–Crippen LogP) is 1.60. The van der Waals surface area contributed by atoms with Gasteiger partial charge in [-0.05, 0) is 31.0 Å². The Kier molecular flexibility index (Phi) is 4.43. The fourth-order valence-corrected chi connectivity index (χ4v) is 1.27. The van der Waals surface area contributed by atoms with E-state index in [4.69, 9.17) is 5.73 Å². The molecule has 0 aliphatic heterocycles. The summed E-state index contributed by atoms with van der Waals surface area (Å²) in [4.78, 5) is 11.6. The van der Waals surface area contributed by atoms with Gasteiger partial charge in [0.25, 0.3) is 5.91 Å². The molecular weight excluding hydrogens is 207 g/mol. The molecule has 0 fully saturated rings. The molecule has 1 aromatic carbocycles. The molecule has 0 saturated heterocycles. The molecule has 16 heavy (non-hydrogen) atoms. The molecule has 1 aromatic rings. The van der Waals surface area contributed by atoms with Gasteiger partial charge in [0.2, 0.25) is 0 Å². The number of halogens is 1. The van der Waals surface area contributed by atoms with E-state index in [1.165, 1.54) is 12.1 Å². The van der Waals surface area contributed by atoms with Gasteiger partial charge in [0, 0.05) is 12.6 Å². The molecule has 0 aliphatic rings. The maximum absolute atomic E-state index is 13.4. The van der Waals surface area contributed by atoms with Gasteiger partial charge in [-0.25, -0.2) is 4.39 Å². The van der Waals surface area contributed by atoms with Crippen LogP contribution < -0.4 is 11.1 Å². The SMILES string of the molecule is CCC(N)CNC(=O)c1ccc(C)cc1F. The number of rotatable bonds is 4. The number of benzene rings is 1. The maximum atomic E-state index is 13.4. The quantitative estimate of drug-likeness (QED) is 0.816. The third kappa shape index (κ3) is 3.31. The molecule has 3 N–H and O–H groups in total. The molecule has 1 amide bonds. The third-order valence-corrected chi connectivity index (χ3v) is 2.42. The first-order valence-corrected chi connectivity index (χ1v) is 5.34. The number of nitrogens with two attached hydrogens (primary N) is 1. The Balaban J connectivity index is 2.66. The third-order valence-electron chi connectivity index (χ3n) is 2.42. The highest BCUT2D eigenvalue weighted by molar-refractivity contribution is 5.94. The van der Waals surface area contributed by atoms with Crippen LogP contribution in [0.5, 0.6) is 0 Å².